The lowest BCUT2D eigenvalue weighted by Crippen LogP contribution is -2.31. The number of aromatic nitrogens is 2. The lowest BCUT2D eigenvalue weighted by Gasteiger charge is -2.20. The Kier molecular flexibility index (Phi) is 4.27. The average molecular weight is 315 g/mol. The summed E-state index contributed by atoms with van der Waals surface area (Å²) in [4.78, 5) is 4.52. The lowest BCUT2D eigenvalue weighted by molar-refractivity contribution is 0.391. The molecule has 5 heteroatoms. The van der Waals surface area contributed by atoms with E-state index in [0.29, 0.717) is 6.04 Å². The monoisotopic (exact) mass is 315 g/mol. The van der Waals surface area contributed by atoms with E-state index >= 15 is 0 Å². The molecule has 2 unspecified atom stereocenters. The first-order valence-electron chi connectivity index (χ1n) is 7.55. The lowest BCUT2D eigenvalue weighted by atomic mass is 10.0. The van der Waals surface area contributed by atoms with E-state index in [-0.39, 0.29) is 6.04 Å². The van der Waals surface area contributed by atoms with Crippen LogP contribution in [0.25, 0.3) is 10.2 Å². The molecule has 0 radical (unpaired) electrons. The van der Waals surface area contributed by atoms with Crippen molar-refractivity contribution < 1.29 is 4.52 Å². The van der Waals surface area contributed by atoms with Gasteiger partial charge in [0.1, 0.15) is 5.76 Å². The van der Waals surface area contributed by atoms with E-state index in [0.717, 1.165) is 23.4 Å². The van der Waals surface area contributed by atoms with Gasteiger partial charge >= 0.3 is 0 Å². The van der Waals surface area contributed by atoms with E-state index < -0.39 is 0 Å². The van der Waals surface area contributed by atoms with Crippen molar-refractivity contribution in [2.75, 3.05) is 0 Å². The van der Waals surface area contributed by atoms with Crippen LogP contribution >= 0.6 is 11.3 Å². The van der Waals surface area contributed by atoms with Crippen molar-refractivity contribution in [2.24, 2.45) is 0 Å². The molecule has 2 atom stereocenters. The Hall–Kier alpha value is -1.72. The number of nitrogens with zero attached hydrogens (tertiary/aromatic N) is 2. The minimum Gasteiger partial charge on any atom is -0.361 e. The number of hydrogen-bond donors (Lipinski definition) is 1. The van der Waals surface area contributed by atoms with Gasteiger partial charge in [-0.25, -0.2) is 0 Å². The van der Waals surface area contributed by atoms with Crippen LogP contribution in [0, 0.1) is 13.8 Å². The molecular weight excluding hydrogens is 294 g/mol. The molecule has 22 heavy (non-hydrogen) atoms. The third-order valence-electron chi connectivity index (χ3n) is 4.05. The Labute approximate surface area is 134 Å². The Morgan fingerprint density at radius 2 is 2.14 bits per heavy atom. The van der Waals surface area contributed by atoms with E-state index in [2.05, 4.69) is 46.8 Å². The molecule has 0 aliphatic rings. The number of fused-ring (bicyclic) bond motifs is 1. The normalized spacial score (nSPS) is 14.4. The van der Waals surface area contributed by atoms with Crippen LogP contribution in [0.1, 0.15) is 42.5 Å². The highest BCUT2D eigenvalue weighted by atomic mass is 32.1. The van der Waals surface area contributed by atoms with Gasteiger partial charge in [0.2, 0.25) is 0 Å². The second kappa shape index (κ2) is 6.18. The van der Waals surface area contributed by atoms with Crippen LogP contribution in [-0.4, -0.2) is 16.2 Å². The first kappa shape index (κ1) is 15.2. The minimum absolute atomic E-state index is 0.259. The fourth-order valence-corrected chi connectivity index (χ4v) is 3.57. The molecule has 0 saturated heterocycles. The van der Waals surface area contributed by atoms with Crippen LogP contribution in [-0.2, 0) is 6.42 Å². The summed E-state index contributed by atoms with van der Waals surface area (Å²) in [6.45, 7) is 8.34. The maximum atomic E-state index is 5.24. The van der Waals surface area contributed by atoms with E-state index in [4.69, 9.17) is 4.52 Å². The van der Waals surface area contributed by atoms with Crippen molar-refractivity contribution in [1.82, 2.24) is 15.5 Å². The number of aryl methyl sites for hydroxylation is 2. The maximum absolute atomic E-state index is 5.24. The summed E-state index contributed by atoms with van der Waals surface area (Å²) in [6, 6.07) is 4.88. The van der Waals surface area contributed by atoms with Gasteiger partial charge in [0.05, 0.1) is 15.9 Å². The molecule has 0 bridgehead atoms. The van der Waals surface area contributed by atoms with Gasteiger partial charge < -0.3 is 9.84 Å². The summed E-state index contributed by atoms with van der Waals surface area (Å²) in [5, 5.41) is 9.75. The number of hydrogen-bond acceptors (Lipinski definition) is 5. The molecule has 3 rings (SSSR count). The predicted octanol–water partition coefficient (Wildman–Crippen LogP) is 4.18. The van der Waals surface area contributed by atoms with E-state index in [1.807, 2.05) is 20.0 Å². The summed E-state index contributed by atoms with van der Waals surface area (Å²) in [5.74, 6) is 0.917. The molecule has 0 amide bonds. The third-order valence-corrected chi connectivity index (χ3v) is 4.90. The summed E-state index contributed by atoms with van der Waals surface area (Å²) >= 11 is 1.73. The highest BCUT2D eigenvalue weighted by Crippen LogP contribution is 2.23. The molecule has 0 fully saturated rings. The molecule has 3 heterocycles. The molecule has 0 aromatic carbocycles. The first-order valence-corrected chi connectivity index (χ1v) is 8.43. The molecule has 1 N–H and O–H groups in total. The Bertz CT molecular complexity index is 758. The van der Waals surface area contributed by atoms with Gasteiger partial charge in [0, 0.05) is 23.8 Å². The van der Waals surface area contributed by atoms with Gasteiger partial charge in [-0.2, -0.15) is 0 Å². The fourth-order valence-electron chi connectivity index (χ4n) is 2.78. The average Bonchev–Trinajstić information content (AvgIpc) is 3.08. The molecular formula is C17H21N3OS. The fraction of sp³-hybridized carbons (Fsp3) is 0.412. The van der Waals surface area contributed by atoms with Crippen molar-refractivity contribution in [3.8, 4) is 0 Å². The number of nitrogens with one attached hydrogen (secondary N) is 1. The van der Waals surface area contributed by atoms with Gasteiger partial charge in [-0.1, -0.05) is 5.16 Å². The zero-order valence-electron chi connectivity index (χ0n) is 13.4. The topological polar surface area (TPSA) is 51.0 Å². The maximum Gasteiger partial charge on any atom is 0.137 e. The molecule has 0 aliphatic heterocycles. The summed E-state index contributed by atoms with van der Waals surface area (Å²) in [5.41, 5.74) is 4.49. The Morgan fingerprint density at radius 1 is 1.32 bits per heavy atom. The van der Waals surface area contributed by atoms with Crippen molar-refractivity contribution in [3.05, 3.63) is 46.3 Å². The van der Waals surface area contributed by atoms with E-state index in [1.54, 1.807) is 11.3 Å². The van der Waals surface area contributed by atoms with Crippen molar-refractivity contribution in [2.45, 2.75) is 46.2 Å². The highest BCUT2D eigenvalue weighted by Gasteiger charge is 2.15. The van der Waals surface area contributed by atoms with Gasteiger partial charge in [-0.3, -0.25) is 4.98 Å². The first-order chi connectivity index (χ1) is 10.5. The molecule has 0 aliphatic carbocycles. The van der Waals surface area contributed by atoms with E-state index in [9.17, 15) is 0 Å². The SMILES string of the molecule is Cc1noc(C)c1CC(C)NC(C)c1cnc2ccsc2c1. The number of thiophene rings is 1. The van der Waals surface area contributed by atoms with Gasteiger partial charge in [-0.15, -0.1) is 11.3 Å². The predicted molar refractivity (Wildman–Crippen MR) is 90.3 cm³/mol. The van der Waals surface area contributed by atoms with Crippen molar-refractivity contribution in [3.63, 3.8) is 0 Å². The second-order valence-electron chi connectivity index (χ2n) is 5.87. The summed E-state index contributed by atoms with van der Waals surface area (Å²) in [6.07, 6.45) is 2.88. The Morgan fingerprint density at radius 3 is 2.86 bits per heavy atom. The standard InChI is InChI=1S/C17H21N3OS/c1-10(7-15-12(3)20-21-13(15)4)19-11(2)14-8-17-16(18-9-14)5-6-22-17/h5-6,8-11,19H,7H2,1-4H3. The molecule has 0 saturated carbocycles. The zero-order valence-corrected chi connectivity index (χ0v) is 14.2. The van der Waals surface area contributed by atoms with Crippen LogP contribution in [0.4, 0.5) is 0 Å². The summed E-state index contributed by atoms with van der Waals surface area (Å²) < 4.78 is 6.48. The quantitative estimate of drug-likeness (QED) is 0.767. The molecule has 0 spiro atoms. The van der Waals surface area contributed by atoms with Crippen molar-refractivity contribution >= 4 is 21.6 Å². The molecule has 4 nitrogen and oxygen atoms in total. The molecule has 3 aromatic heterocycles. The van der Waals surface area contributed by atoms with Crippen LogP contribution in [0.15, 0.2) is 28.2 Å². The van der Waals surface area contributed by atoms with Crippen LogP contribution < -0.4 is 5.32 Å². The number of rotatable bonds is 5. The minimum atomic E-state index is 0.259. The van der Waals surface area contributed by atoms with Crippen LogP contribution in [0.5, 0.6) is 0 Å². The highest BCUT2D eigenvalue weighted by molar-refractivity contribution is 7.17. The zero-order chi connectivity index (χ0) is 15.7. The molecule has 116 valence electrons. The number of pyridine rings is 1. The smallest absolute Gasteiger partial charge is 0.137 e. The Balaban J connectivity index is 1.69. The van der Waals surface area contributed by atoms with Gasteiger partial charge in [-0.05, 0) is 57.2 Å². The van der Waals surface area contributed by atoms with Crippen molar-refractivity contribution in [1.29, 1.82) is 0 Å². The van der Waals surface area contributed by atoms with E-state index in [1.165, 1.54) is 15.8 Å². The van der Waals surface area contributed by atoms with Crippen LogP contribution in [0.3, 0.4) is 0 Å². The molecule has 3 aromatic rings. The van der Waals surface area contributed by atoms with Crippen LogP contribution in [0.2, 0.25) is 0 Å². The van der Waals surface area contributed by atoms with Gasteiger partial charge in [0.25, 0.3) is 0 Å². The van der Waals surface area contributed by atoms with Gasteiger partial charge in [0.15, 0.2) is 0 Å². The second-order valence-corrected chi connectivity index (χ2v) is 6.82. The third kappa shape index (κ3) is 3.05. The largest absolute Gasteiger partial charge is 0.361 e. The summed E-state index contributed by atoms with van der Waals surface area (Å²) in [7, 11) is 0.